The molecule has 1 aromatic heterocycles. The van der Waals surface area contributed by atoms with Gasteiger partial charge in [-0.25, -0.2) is 19.4 Å². The number of rotatable bonds is 8. The van der Waals surface area contributed by atoms with Gasteiger partial charge in [0.15, 0.2) is 11.5 Å². The van der Waals surface area contributed by atoms with Crippen molar-refractivity contribution in [2.45, 2.75) is 43.0 Å². The number of guanidine groups is 1. The van der Waals surface area contributed by atoms with Crippen molar-refractivity contribution in [1.29, 1.82) is 0 Å². The first kappa shape index (κ1) is 28.9. The van der Waals surface area contributed by atoms with Gasteiger partial charge in [-0.05, 0) is 64.9 Å². The van der Waals surface area contributed by atoms with Gasteiger partial charge in [-0.15, -0.1) is 0 Å². The van der Waals surface area contributed by atoms with E-state index in [1.54, 1.807) is 24.3 Å². The van der Waals surface area contributed by atoms with Crippen molar-refractivity contribution in [2.75, 3.05) is 7.05 Å². The van der Waals surface area contributed by atoms with Crippen LogP contribution in [0.25, 0.3) is 11.1 Å². The Morgan fingerprint density at radius 2 is 1.60 bits per heavy atom. The summed E-state index contributed by atoms with van der Waals surface area (Å²) in [7, 11) is -2.63. The van der Waals surface area contributed by atoms with E-state index >= 15 is 0 Å². The molecule has 0 saturated carbocycles. The van der Waals surface area contributed by atoms with E-state index in [1.165, 1.54) is 73.1 Å². The third kappa shape index (κ3) is 5.00. The van der Waals surface area contributed by atoms with E-state index in [0.717, 1.165) is 12.0 Å². The summed E-state index contributed by atoms with van der Waals surface area (Å²) in [6, 6.07) is 16.8. The van der Waals surface area contributed by atoms with Gasteiger partial charge in [-0.1, -0.05) is 51.1 Å². The first-order valence-corrected chi connectivity index (χ1v) is 14.6. The van der Waals surface area contributed by atoms with Crippen LogP contribution in [0.2, 0.25) is 0 Å². The number of benzene rings is 3. The third-order valence-corrected chi connectivity index (χ3v) is 9.04. The highest BCUT2D eigenvalue weighted by Crippen LogP contribution is 2.41. The fraction of sp³-hybridized carbons (Fsp3) is 0.226. The number of aliphatic imine (C=N–C) groups is 1. The van der Waals surface area contributed by atoms with Crippen molar-refractivity contribution in [2.24, 2.45) is 10.7 Å². The smallest absolute Gasteiger partial charge is 0.339 e. The summed E-state index contributed by atoms with van der Waals surface area (Å²) >= 11 is 0. The minimum Gasteiger partial charge on any atom is -0.379 e. The molecule has 11 heteroatoms. The molecule has 2 N–H and O–H groups in total. The predicted molar refractivity (Wildman–Crippen MR) is 157 cm³/mol. The van der Waals surface area contributed by atoms with Crippen molar-refractivity contribution in [3.8, 4) is 16.9 Å². The molecule has 1 aliphatic rings. The van der Waals surface area contributed by atoms with E-state index < -0.39 is 27.4 Å². The van der Waals surface area contributed by atoms with E-state index in [4.69, 9.17) is 9.92 Å². The van der Waals surface area contributed by atoms with Crippen molar-refractivity contribution in [3.05, 3.63) is 108 Å². The lowest BCUT2D eigenvalue weighted by Crippen LogP contribution is -2.41. The summed E-state index contributed by atoms with van der Waals surface area (Å²) in [4.78, 5) is 27.4. The zero-order chi connectivity index (χ0) is 30.3. The molecule has 1 amide bonds. The molecule has 0 spiro atoms. The van der Waals surface area contributed by atoms with E-state index in [2.05, 4.69) is 35.7 Å². The van der Waals surface area contributed by atoms with Gasteiger partial charge < -0.3 is 9.92 Å². The molecule has 2 heterocycles. The Bertz CT molecular complexity index is 1780. The first-order chi connectivity index (χ1) is 19.9. The second kappa shape index (κ2) is 10.6. The number of aromatic nitrogens is 2. The molecular weight excluding hydrogens is 557 g/mol. The van der Waals surface area contributed by atoms with Crippen LogP contribution in [-0.2, 0) is 25.9 Å². The molecule has 5 rings (SSSR count). The lowest BCUT2D eigenvalue weighted by Gasteiger charge is -2.27. The Morgan fingerprint density at radius 1 is 0.976 bits per heavy atom. The van der Waals surface area contributed by atoms with Gasteiger partial charge in [0.1, 0.15) is 22.8 Å². The maximum atomic E-state index is 14.9. The van der Waals surface area contributed by atoms with Gasteiger partial charge in [0.2, 0.25) is 0 Å². The SMILES string of the molecule is CCC(C)(C)c1ccc(S(=O)(=O)Oc2ccc(C3(c4ccc(F)c(-c5cncnc5)c4)N=C(N)N(C)C3=O)cc2)cc1. The maximum absolute atomic E-state index is 14.9. The molecule has 4 aromatic rings. The fourth-order valence-electron chi connectivity index (χ4n) is 4.80. The molecule has 0 aliphatic carbocycles. The number of hydrogen-bond acceptors (Lipinski definition) is 8. The Hall–Kier alpha value is -4.64. The summed E-state index contributed by atoms with van der Waals surface area (Å²) < 4.78 is 46.4. The minimum absolute atomic E-state index is 0.0207. The average molecular weight is 588 g/mol. The number of carbonyl (C=O) groups is 1. The minimum atomic E-state index is -4.13. The molecule has 0 radical (unpaired) electrons. The Labute approximate surface area is 244 Å². The van der Waals surface area contributed by atoms with Gasteiger partial charge in [-0.2, -0.15) is 8.42 Å². The summed E-state index contributed by atoms with van der Waals surface area (Å²) in [6.07, 6.45) is 5.16. The molecular formula is C31H30FN5O4S. The van der Waals surface area contributed by atoms with Gasteiger partial charge in [0.05, 0.1) is 0 Å². The second-order valence-corrected chi connectivity index (χ2v) is 12.2. The normalized spacial score (nSPS) is 17.3. The number of amides is 1. The third-order valence-electron chi connectivity index (χ3n) is 7.78. The molecule has 216 valence electrons. The van der Waals surface area contributed by atoms with Crippen LogP contribution in [0.3, 0.4) is 0 Å². The topological polar surface area (TPSA) is 128 Å². The number of hydrogen-bond donors (Lipinski definition) is 1. The van der Waals surface area contributed by atoms with Crippen molar-refractivity contribution >= 4 is 22.0 Å². The van der Waals surface area contributed by atoms with Gasteiger partial charge in [0, 0.05) is 30.6 Å². The quantitative estimate of drug-likeness (QED) is 0.294. The van der Waals surface area contributed by atoms with E-state index in [-0.39, 0.29) is 27.6 Å². The van der Waals surface area contributed by atoms with Crippen molar-refractivity contribution in [1.82, 2.24) is 14.9 Å². The summed E-state index contributed by atoms with van der Waals surface area (Å²) in [5.41, 5.74) is 6.71. The Balaban J connectivity index is 1.51. The fourth-order valence-corrected chi connectivity index (χ4v) is 5.73. The van der Waals surface area contributed by atoms with E-state index in [0.29, 0.717) is 16.7 Å². The number of nitrogens with zero attached hydrogens (tertiary/aromatic N) is 4. The maximum Gasteiger partial charge on any atom is 0.339 e. The van der Waals surface area contributed by atoms with Gasteiger partial charge in [0.25, 0.3) is 5.91 Å². The summed E-state index contributed by atoms with van der Waals surface area (Å²) in [5.74, 6) is -0.965. The lowest BCUT2D eigenvalue weighted by atomic mass is 9.81. The number of nitrogens with two attached hydrogens (primary N) is 1. The largest absolute Gasteiger partial charge is 0.379 e. The average Bonchev–Trinajstić information content (AvgIpc) is 3.22. The van der Waals surface area contributed by atoms with Crippen LogP contribution in [0.5, 0.6) is 5.75 Å². The number of halogens is 1. The van der Waals surface area contributed by atoms with Crippen LogP contribution in [0.15, 0.2) is 95.3 Å². The van der Waals surface area contributed by atoms with Crippen LogP contribution >= 0.6 is 0 Å². The monoisotopic (exact) mass is 587 g/mol. The molecule has 1 aliphatic heterocycles. The summed E-state index contributed by atoms with van der Waals surface area (Å²) in [5, 5.41) is 0. The highest BCUT2D eigenvalue weighted by Gasteiger charge is 2.49. The molecule has 42 heavy (non-hydrogen) atoms. The zero-order valence-electron chi connectivity index (χ0n) is 23.6. The van der Waals surface area contributed by atoms with Crippen LogP contribution in [0, 0.1) is 5.82 Å². The van der Waals surface area contributed by atoms with E-state index in [1.807, 2.05) is 0 Å². The van der Waals surface area contributed by atoms with Crippen molar-refractivity contribution < 1.29 is 21.8 Å². The number of carbonyl (C=O) groups excluding carboxylic acids is 1. The number of likely N-dealkylation sites (N-methyl/N-ethyl adjacent to an activating group) is 1. The molecule has 0 saturated heterocycles. The lowest BCUT2D eigenvalue weighted by molar-refractivity contribution is -0.129. The standard InChI is InChI=1S/C31H30FN5O4S/c1-5-30(2,3)21-8-13-25(14-9-21)42(39,40)41-24-11-6-22(7-12-24)31(28(38)37(4)29(33)36-31)23-10-15-27(32)26(16-23)20-17-34-19-35-18-20/h6-19H,5H2,1-4H3,(H2,33,36). The van der Waals surface area contributed by atoms with Crippen molar-refractivity contribution in [3.63, 3.8) is 0 Å². The molecule has 1 unspecified atom stereocenters. The second-order valence-electron chi connectivity index (χ2n) is 10.7. The van der Waals surface area contributed by atoms with Crippen LogP contribution < -0.4 is 9.92 Å². The molecule has 0 fully saturated rings. The summed E-state index contributed by atoms with van der Waals surface area (Å²) in [6.45, 7) is 6.26. The zero-order valence-corrected chi connectivity index (χ0v) is 24.4. The van der Waals surface area contributed by atoms with Gasteiger partial charge >= 0.3 is 10.1 Å². The highest BCUT2D eigenvalue weighted by atomic mass is 32.2. The van der Waals surface area contributed by atoms with Crippen LogP contribution in [0.1, 0.15) is 43.9 Å². The molecule has 1 atom stereocenters. The van der Waals surface area contributed by atoms with E-state index in [9.17, 15) is 17.6 Å². The Kier molecular flexibility index (Phi) is 7.32. The molecule has 0 bridgehead atoms. The van der Waals surface area contributed by atoms with Gasteiger partial charge in [-0.3, -0.25) is 9.69 Å². The Morgan fingerprint density at radius 3 is 2.17 bits per heavy atom. The predicted octanol–water partition coefficient (Wildman–Crippen LogP) is 4.77. The molecule has 3 aromatic carbocycles. The molecule has 9 nitrogen and oxygen atoms in total. The van der Waals surface area contributed by atoms with Crippen LogP contribution in [-0.4, -0.2) is 42.2 Å². The first-order valence-electron chi connectivity index (χ1n) is 13.2. The highest BCUT2D eigenvalue weighted by molar-refractivity contribution is 7.87. The van der Waals surface area contributed by atoms with Crippen LogP contribution in [0.4, 0.5) is 4.39 Å².